The normalized spacial score (nSPS) is 16.8. The monoisotopic (exact) mass is 399 g/mol. The highest BCUT2D eigenvalue weighted by Crippen LogP contribution is 2.40. The van der Waals surface area contributed by atoms with Gasteiger partial charge in [-0.05, 0) is 61.9 Å². The van der Waals surface area contributed by atoms with Gasteiger partial charge in [0, 0.05) is 24.8 Å². The number of halogens is 1. The molecule has 1 heterocycles. The molecule has 5 heteroatoms. The van der Waals surface area contributed by atoms with Gasteiger partial charge >= 0.3 is 0 Å². The molecule has 4 nitrogen and oxygen atoms in total. The maximum absolute atomic E-state index is 14.0. The van der Waals surface area contributed by atoms with Gasteiger partial charge in [-0.3, -0.25) is 4.79 Å². The van der Waals surface area contributed by atoms with Gasteiger partial charge in [0.15, 0.2) is 0 Å². The summed E-state index contributed by atoms with van der Waals surface area (Å²) in [5.41, 5.74) is 2.08. The number of hydrogen-bond donors (Lipinski definition) is 1. The highest BCUT2D eigenvalue weighted by Gasteiger charge is 2.41. The van der Waals surface area contributed by atoms with Crippen LogP contribution in [0.25, 0.3) is 11.1 Å². The number of methoxy groups -OCH3 is 1. The van der Waals surface area contributed by atoms with Crippen molar-refractivity contribution >= 4 is 5.91 Å². The second kappa shape index (κ2) is 9.40. The van der Waals surface area contributed by atoms with Crippen LogP contribution in [0.2, 0.25) is 0 Å². The fraction of sp³-hybridized carbons (Fsp3) is 0.458. The van der Waals surface area contributed by atoms with Crippen molar-refractivity contribution in [1.82, 2.24) is 5.32 Å². The van der Waals surface area contributed by atoms with Gasteiger partial charge in [-0.15, -0.1) is 0 Å². The number of carbonyl (C=O) groups excluding carboxylic acids is 1. The van der Waals surface area contributed by atoms with Gasteiger partial charge in [0.25, 0.3) is 0 Å². The van der Waals surface area contributed by atoms with Gasteiger partial charge < -0.3 is 14.8 Å². The zero-order chi connectivity index (χ0) is 20.9. The maximum Gasteiger partial charge on any atom is 0.226 e. The van der Waals surface area contributed by atoms with Gasteiger partial charge in [-0.25, -0.2) is 4.39 Å². The van der Waals surface area contributed by atoms with Gasteiger partial charge in [0.1, 0.15) is 11.6 Å². The topological polar surface area (TPSA) is 47.6 Å². The molecule has 1 aliphatic heterocycles. The molecule has 1 aliphatic rings. The maximum atomic E-state index is 14.0. The molecule has 0 saturated carbocycles. The Balaban J connectivity index is 2.00. The first-order valence-electron chi connectivity index (χ1n) is 10.3. The Kier molecular flexibility index (Phi) is 6.91. The third-order valence-electron chi connectivity index (χ3n) is 5.92. The summed E-state index contributed by atoms with van der Waals surface area (Å²) >= 11 is 0. The first kappa shape index (κ1) is 21.3. The fourth-order valence-electron chi connectivity index (χ4n) is 3.92. The Labute approximate surface area is 172 Å². The second-order valence-corrected chi connectivity index (χ2v) is 7.85. The number of benzene rings is 2. The van der Waals surface area contributed by atoms with Gasteiger partial charge in [0.05, 0.1) is 12.5 Å². The summed E-state index contributed by atoms with van der Waals surface area (Å²) < 4.78 is 25.0. The van der Waals surface area contributed by atoms with Crippen LogP contribution in [0.3, 0.4) is 0 Å². The molecule has 3 rings (SSSR count). The molecule has 0 aliphatic carbocycles. The molecule has 1 amide bonds. The Morgan fingerprint density at radius 3 is 2.62 bits per heavy atom. The van der Waals surface area contributed by atoms with E-state index >= 15 is 0 Å². The Morgan fingerprint density at radius 2 is 1.93 bits per heavy atom. The van der Waals surface area contributed by atoms with E-state index in [1.807, 2.05) is 31.2 Å². The summed E-state index contributed by atoms with van der Waals surface area (Å²) in [5.74, 6) is 0.381. The molecule has 156 valence electrons. The highest BCUT2D eigenvalue weighted by molar-refractivity contribution is 5.84. The van der Waals surface area contributed by atoms with E-state index in [-0.39, 0.29) is 17.8 Å². The van der Waals surface area contributed by atoms with E-state index < -0.39 is 5.41 Å². The largest absolute Gasteiger partial charge is 0.496 e. The van der Waals surface area contributed by atoms with Crippen molar-refractivity contribution in [2.45, 2.75) is 45.6 Å². The van der Waals surface area contributed by atoms with Crippen molar-refractivity contribution in [3.8, 4) is 16.9 Å². The third kappa shape index (κ3) is 4.78. The molecule has 1 atom stereocenters. The lowest BCUT2D eigenvalue weighted by molar-refractivity contribution is -0.137. The average molecular weight is 400 g/mol. The van der Waals surface area contributed by atoms with E-state index in [0.29, 0.717) is 43.8 Å². The molecule has 2 aromatic carbocycles. The predicted octanol–water partition coefficient (Wildman–Crippen LogP) is 4.76. The SMILES string of the molecule is CC[C@@H](C)NC(=O)C1(Cc2ccccc2-c2cc(F)ccc2OC)CCOCC1. The number of nitrogens with one attached hydrogen (secondary N) is 1. The summed E-state index contributed by atoms with van der Waals surface area (Å²) in [6.07, 6.45) is 2.80. The predicted molar refractivity (Wildman–Crippen MR) is 112 cm³/mol. The van der Waals surface area contributed by atoms with Crippen molar-refractivity contribution in [3.05, 3.63) is 53.8 Å². The molecule has 29 heavy (non-hydrogen) atoms. The van der Waals surface area contributed by atoms with Crippen LogP contribution in [-0.2, 0) is 16.0 Å². The summed E-state index contributed by atoms with van der Waals surface area (Å²) in [6.45, 7) is 5.22. The molecule has 1 N–H and O–H groups in total. The molecular formula is C24H30FNO3. The van der Waals surface area contributed by atoms with E-state index in [2.05, 4.69) is 12.2 Å². The Morgan fingerprint density at radius 1 is 1.21 bits per heavy atom. The summed E-state index contributed by atoms with van der Waals surface area (Å²) in [5, 5.41) is 3.17. The van der Waals surface area contributed by atoms with Crippen LogP contribution >= 0.6 is 0 Å². The summed E-state index contributed by atoms with van der Waals surface area (Å²) in [7, 11) is 1.58. The van der Waals surface area contributed by atoms with Crippen molar-refractivity contribution in [3.63, 3.8) is 0 Å². The van der Waals surface area contributed by atoms with Crippen LogP contribution in [-0.4, -0.2) is 32.3 Å². The van der Waals surface area contributed by atoms with Crippen LogP contribution in [0.5, 0.6) is 5.75 Å². The first-order chi connectivity index (χ1) is 14.0. The van der Waals surface area contributed by atoms with Crippen LogP contribution in [0, 0.1) is 11.2 Å². The Bertz CT molecular complexity index is 846. The number of ether oxygens (including phenoxy) is 2. The lowest BCUT2D eigenvalue weighted by Gasteiger charge is -2.37. The lowest BCUT2D eigenvalue weighted by Crippen LogP contribution is -2.48. The second-order valence-electron chi connectivity index (χ2n) is 7.85. The molecule has 0 spiro atoms. The van der Waals surface area contributed by atoms with Crippen molar-refractivity contribution in [2.75, 3.05) is 20.3 Å². The van der Waals surface area contributed by atoms with Crippen molar-refractivity contribution in [2.24, 2.45) is 5.41 Å². The minimum absolute atomic E-state index is 0.0798. The number of carbonyl (C=O) groups is 1. The zero-order valence-corrected chi connectivity index (χ0v) is 17.5. The van der Waals surface area contributed by atoms with E-state index in [9.17, 15) is 9.18 Å². The Hall–Kier alpha value is -2.40. The minimum Gasteiger partial charge on any atom is -0.496 e. The van der Waals surface area contributed by atoms with Gasteiger partial charge in [0.2, 0.25) is 5.91 Å². The molecule has 1 fully saturated rings. The van der Waals surface area contributed by atoms with E-state index in [1.54, 1.807) is 13.2 Å². The lowest BCUT2D eigenvalue weighted by atomic mass is 9.73. The first-order valence-corrected chi connectivity index (χ1v) is 10.3. The number of rotatable bonds is 7. The van der Waals surface area contributed by atoms with E-state index in [1.165, 1.54) is 12.1 Å². The highest BCUT2D eigenvalue weighted by atomic mass is 19.1. The molecule has 1 saturated heterocycles. The smallest absolute Gasteiger partial charge is 0.226 e. The van der Waals surface area contributed by atoms with E-state index in [0.717, 1.165) is 17.5 Å². The van der Waals surface area contributed by atoms with Gasteiger partial charge in [-0.1, -0.05) is 31.2 Å². The molecule has 0 unspecified atom stereocenters. The molecular weight excluding hydrogens is 369 g/mol. The molecule has 0 aromatic heterocycles. The van der Waals surface area contributed by atoms with Crippen LogP contribution in [0.4, 0.5) is 4.39 Å². The van der Waals surface area contributed by atoms with Crippen LogP contribution < -0.4 is 10.1 Å². The third-order valence-corrected chi connectivity index (χ3v) is 5.92. The average Bonchev–Trinajstić information content (AvgIpc) is 2.74. The minimum atomic E-state index is -0.529. The quantitative estimate of drug-likeness (QED) is 0.731. The molecule has 0 radical (unpaired) electrons. The zero-order valence-electron chi connectivity index (χ0n) is 17.5. The van der Waals surface area contributed by atoms with Crippen LogP contribution in [0.1, 0.15) is 38.7 Å². The molecule has 2 aromatic rings. The summed E-state index contributed by atoms with van der Waals surface area (Å²) in [6, 6.07) is 12.5. The van der Waals surface area contributed by atoms with Crippen LogP contribution in [0.15, 0.2) is 42.5 Å². The van der Waals surface area contributed by atoms with Crippen molar-refractivity contribution in [1.29, 1.82) is 0 Å². The van der Waals surface area contributed by atoms with Gasteiger partial charge in [-0.2, -0.15) is 0 Å². The van der Waals surface area contributed by atoms with Crippen molar-refractivity contribution < 1.29 is 18.7 Å². The van der Waals surface area contributed by atoms with E-state index in [4.69, 9.17) is 9.47 Å². The fourth-order valence-corrected chi connectivity index (χ4v) is 3.92. The number of amides is 1. The number of hydrogen-bond acceptors (Lipinski definition) is 3. The molecule has 0 bridgehead atoms. The standard InChI is InChI=1S/C24H30FNO3/c1-4-17(2)26-23(27)24(11-13-29-14-12-24)16-18-7-5-6-8-20(18)21-15-19(25)9-10-22(21)28-3/h5-10,15,17H,4,11-14,16H2,1-3H3,(H,26,27)/t17-/m1/s1. The summed E-state index contributed by atoms with van der Waals surface area (Å²) in [4.78, 5) is 13.3.